The van der Waals surface area contributed by atoms with Crippen LogP contribution >= 0.6 is 0 Å². The van der Waals surface area contributed by atoms with Gasteiger partial charge >= 0.3 is 0 Å². The number of hydrogen-bond donors (Lipinski definition) is 1. The van der Waals surface area contributed by atoms with Crippen LogP contribution in [-0.4, -0.2) is 22.8 Å². The number of nitrogens with zero attached hydrogens (tertiary/aromatic N) is 5. The molecule has 416 valence electrons. The Bertz CT molecular complexity index is 5390. The number of para-hydroxylation sites is 4. The molecule has 5 heterocycles. The quantitative estimate of drug-likeness (QED) is 0.159. The summed E-state index contributed by atoms with van der Waals surface area (Å²) in [6, 6.07) is 99.3. The molecule has 6 nitrogen and oxygen atoms in total. The van der Waals surface area contributed by atoms with Crippen molar-refractivity contribution >= 4 is 115 Å². The van der Waals surface area contributed by atoms with Crippen LogP contribution in [0.1, 0.15) is 22.3 Å². The molecule has 0 spiro atoms. The highest BCUT2D eigenvalue weighted by Crippen LogP contribution is 2.54. The fourth-order valence-electron chi connectivity index (χ4n) is 15.1. The second-order valence-corrected chi connectivity index (χ2v) is 24.2. The predicted molar refractivity (Wildman–Crippen MR) is 372 cm³/mol. The normalized spacial score (nSPS) is 12.1. The maximum absolute atomic E-state index is 8.37. The number of nitrogen functional groups attached to an aromatic ring is 1. The van der Waals surface area contributed by atoms with Gasteiger partial charge in [-0.1, -0.05) is 180 Å². The molecule has 13 aromatic carbocycles. The van der Waals surface area contributed by atoms with Crippen LogP contribution in [0.15, 0.2) is 267 Å². The highest BCUT2D eigenvalue weighted by atomic mass is 15.1. The van der Waals surface area contributed by atoms with Crippen molar-refractivity contribution in [2.24, 2.45) is 0 Å². The number of hydrogen-bond acceptors (Lipinski definition) is 1. The van der Waals surface area contributed by atoms with Crippen LogP contribution in [0, 0.1) is 27.7 Å². The van der Waals surface area contributed by atoms with E-state index in [9.17, 15) is 0 Å². The number of aryl methyl sites for hydroxylation is 4. The second-order valence-electron chi connectivity index (χ2n) is 24.2. The first-order valence-electron chi connectivity index (χ1n) is 30.5. The second kappa shape index (κ2) is 18.8. The van der Waals surface area contributed by atoms with E-state index in [2.05, 4.69) is 317 Å². The standard InChI is InChI=1S/C82H58N6/c1-49-31-37-71-61(43-49)62-44-50(2)32-38-72(62)86(71)80-77(53-19-7-5-8-20-53)79(83)78(54-21-9-6-10-22-54)81(87-73-39-33-51(3)45-63(73)64-46-52(4)34-40-74(64)87)82(80)88-75-41-35-55(84-67-27-15-11-23-57(67)58-24-12-16-28-68(58)84)47-65(75)66-48-56(36-42-76(66)88)85-69-29-17-13-25-59(69)60-26-14-18-30-70(60)85/h5-48H,83H2,1-4H3. The van der Waals surface area contributed by atoms with E-state index in [-0.39, 0.29) is 0 Å². The van der Waals surface area contributed by atoms with E-state index in [0.29, 0.717) is 5.69 Å². The molecule has 88 heavy (non-hydrogen) atoms. The SMILES string of the molecule is Cc1ccc2c(c1)c1cc(C)ccc1n2-c1c(-c2ccccc2)c(N)c(-c2ccccc2)c(-n2c3ccc(C)cc3c3cc(C)ccc32)c1-n1c2ccc(-n3c4ccccc4c4ccccc43)cc2c2cc(-n3c4ccccc4c4ccccc43)ccc21. The van der Waals surface area contributed by atoms with Gasteiger partial charge in [0.05, 0.1) is 77.9 Å². The molecule has 5 aromatic heterocycles. The Morgan fingerprint density at radius 1 is 0.216 bits per heavy atom. The van der Waals surface area contributed by atoms with Gasteiger partial charge in [-0.05, 0) is 148 Å². The Morgan fingerprint density at radius 2 is 0.466 bits per heavy atom. The average molecular weight is 1130 g/mol. The smallest absolute Gasteiger partial charge is 0.0961 e. The van der Waals surface area contributed by atoms with Gasteiger partial charge in [-0.2, -0.15) is 0 Å². The third-order valence-electron chi connectivity index (χ3n) is 18.8. The van der Waals surface area contributed by atoms with Crippen LogP contribution in [0.4, 0.5) is 5.69 Å². The lowest BCUT2D eigenvalue weighted by atomic mass is 9.90. The van der Waals surface area contributed by atoms with Crippen molar-refractivity contribution < 1.29 is 0 Å². The van der Waals surface area contributed by atoms with Gasteiger partial charge in [-0.25, -0.2) is 0 Å². The van der Waals surface area contributed by atoms with Crippen molar-refractivity contribution in [3.8, 4) is 50.7 Å². The van der Waals surface area contributed by atoms with Crippen molar-refractivity contribution in [1.29, 1.82) is 0 Å². The molecule has 2 N–H and O–H groups in total. The van der Waals surface area contributed by atoms with Crippen molar-refractivity contribution in [2.45, 2.75) is 27.7 Å². The van der Waals surface area contributed by atoms with E-state index in [4.69, 9.17) is 5.73 Å². The van der Waals surface area contributed by atoms with Gasteiger partial charge in [0.15, 0.2) is 0 Å². The molecule has 18 aromatic rings. The molecule has 0 unspecified atom stereocenters. The maximum atomic E-state index is 8.37. The zero-order valence-electron chi connectivity index (χ0n) is 49.2. The van der Waals surface area contributed by atoms with Crippen LogP contribution in [0.2, 0.25) is 0 Å². The van der Waals surface area contributed by atoms with Crippen LogP contribution < -0.4 is 5.73 Å². The summed E-state index contributed by atoms with van der Waals surface area (Å²) in [7, 11) is 0. The molecule has 18 rings (SSSR count). The van der Waals surface area contributed by atoms with Gasteiger partial charge < -0.3 is 28.6 Å². The predicted octanol–water partition coefficient (Wildman–Crippen LogP) is 21.3. The van der Waals surface area contributed by atoms with Gasteiger partial charge in [0, 0.05) is 76.4 Å². The van der Waals surface area contributed by atoms with Crippen molar-refractivity contribution in [3.63, 3.8) is 0 Å². The highest BCUT2D eigenvalue weighted by molar-refractivity contribution is 6.19. The fraction of sp³-hybridized carbons (Fsp3) is 0.0488. The van der Waals surface area contributed by atoms with Crippen LogP contribution in [0.25, 0.3) is 160 Å². The third kappa shape index (κ3) is 7.11. The minimum atomic E-state index is 0.692. The highest BCUT2D eigenvalue weighted by Gasteiger charge is 2.34. The molecule has 0 atom stereocenters. The number of nitrogens with two attached hydrogens (primary N) is 1. The van der Waals surface area contributed by atoms with Gasteiger partial charge in [0.2, 0.25) is 0 Å². The molecule has 0 saturated heterocycles. The lowest BCUT2D eigenvalue weighted by Gasteiger charge is -2.29. The fourth-order valence-corrected chi connectivity index (χ4v) is 15.1. The van der Waals surface area contributed by atoms with Gasteiger partial charge in [-0.15, -0.1) is 0 Å². The Labute approximate surface area is 508 Å². The lowest BCUT2D eigenvalue weighted by Crippen LogP contribution is -2.15. The molecule has 0 saturated carbocycles. The molecule has 0 aliphatic heterocycles. The van der Waals surface area contributed by atoms with Crippen molar-refractivity contribution in [3.05, 3.63) is 289 Å². The van der Waals surface area contributed by atoms with Gasteiger partial charge in [0.25, 0.3) is 0 Å². The largest absolute Gasteiger partial charge is 0.398 e. The summed E-state index contributed by atoms with van der Waals surface area (Å²) in [6.07, 6.45) is 0. The van der Waals surface area contributed by atoms with E-state index in [1.165, 1.54) is 65.3 Å². The first-order valence-corrected chi connectivity index (χ1v) is 30.5. The summed E-state index contributed by atoms with van der Waals surface area (Å²) >= 11 is 0. The van der Waals surface area contributed by atoms with Gasteiger partial charge in [0.1, 0.15) is 0 Å². The Hall–Kier alpha value is -11.3. The van der Waals surface area contributed by atoms with E-state index in [1.807, 2.05) is 0 Å². The minimum absolute atomic E-state index is 0.692. The Balaban J connectivity index is 1.11. The Kier molecular flexibility index (Phi) is 10.7. The summed E-state index contributed by atoms with van der Waals surface area (Å²) in [4.78, 5) is 0. The maximum Gasteiger partial charge on any atom is 0.0961 e. The van der Waals surface area contributed by atoms with Gasteiger partial charge in [-0.3, -0.25) is 0 Å². The molecule has 0 fully saturated rings. The monoisotopic (exact) mass is 1130 g/mol. The first-order chi connectivity index (χ1) is 43.3. The summed E-state index contributed by atoms with van der Waals surface area (Å²) in [5.41, 5.74) is 34.1. The van der Waals surface area contributed by atoms with E-state index >= 15 is 0 Å². The molecule has 0 radical (unpaired) electrons. The zero-order valence-corrected chi connectivity index (χ0v) is 49.2. The van der Waals surface area contributed by atoms with E-state index in [1.54, 1.807) is 0 Å². The average Bonchev–Trinajstić information content (AvgIpc) is 1.48. The number of aromatic nitrogens is 5. The topological polar surface area (TPSA) is 50.7 Å². The molecule has 6 heteroatoms. The van der Waals surface area contributed by atoms with Crippen LogP contribution in [0.5, 0.6) is 0 Å². The molecule has 0 bridgehead atoms. The molecule has 0 amide bonds. The number of fused-ring (bicyclic) bond motifs is 15. The summed E-state index contributed by atoms with van der Waals surface area (Å²) in [6.45, 7) is 8.81. The molecule has 0 aliphatic carbocycles. The van der Waals surface area contributed by atoms with Crippen LogP contribution in [0.3, 0.4) is 0 Å². The molecular weight excluding hydrogens is 1070 g/mol. The zero-order chi connectivity index (χ0) is 58.6. The van der Waals surface area contributed by atoms with Crippen LogP contribution in [-0.2, 0) is 0 Å². The number of benzene rings is 13. The number of rotatable bonds is 7. The molecule has 0 aliphatic rings. The lowest BCUT2D eigenvalue weighted by molar-refractivity contribution is 1.05. The van der Waals surface area contributed by atoms with E-state index in [0.717, 1.165) is 117 Å². The summed E-state index contributed by atoms with van der Waals surface area (Å²) in [5.74, 6) is 0. The molecular formula is C82H58N6. The number of anilines is 1. The first kappa shape index (κ1) is 50.0. The van der Waals surface area contributed by atoms with E-state index < -0.39 is 0 Å². The summed E-state index contributed by atoms with van der Waals surface area (Å²) in [5, 5.41) is 11.9. The minimum Gasteiger partial charge on any atom is -0.398 e. The Morgan fingerprint density at radius 3 is 0.784 bits per heavy atom. The third-order valence-corrected chi connectivity index (χ3v) is 18.8. The van der Waals surface area contributed by atoms with Crippen molar-refractivity contribution in [1.82, 2.24) is 22.8 Å². The summed E-state index contributed by atoms with van der Waals surface area (Å²) < 4.78 is 12.6. The van der Waals surface area contributed by atoms with Crippen molar-refractivity contribution in [2.75, 3.05) is 5.73 Å².